The van der Waals surface area contributed by atoms with Crippen molar-refractivity contribution in [3.63, 3.8) is 0 Å². The summed E-state index contributed by atoms with van der Waals surface area (Å²) in [6.07, 6.45) is 5.26. The van der Waals surface area contributed by atoms with Gasteiger partial charge in [-0.3, -0.25) is 9.59 Å². The normalized spacial score (nSPS) is 13.6. The first-order valence-corrected chi connectivity index (χ1v) is 6.22. The first kappa shape index (κ1) is 16.5. The highest BCUT2D eigenvalue weighted by Crippen LogP contribution is 2.08. The summed E-state index contributed by atoms with van der Waals surface area (Å²) in [5.41, 5.74) is 0. The molecule has 0 aromatic heterocycles. The lowest BCUT2D eigenvalue weighted by Gasteiger charge is -2.16. The van der Waals surface area contributed by atoms with Crippen molar-refractivity contribution >= 4 is 11.9 Å². The van der Waals surface area contributed by atoms with E-state index in [0.29, 0.717) is 6.42 Å². The lowest BCUT2D eigenvalue weighted by Crippen LogP contribution is -2.20. The maximum atomic E-state index is 11.4. The maximum Gasteiger partial charge on any atom is 0.307 e. The lowest BCUT2D eigenvalue weighted by atomic mass is 10.1. The predicted molar refractivity (Wildman–Crippen MR) is 68.6 cm³/mol. The summed E-state index contributed by atoms with van der Waals surface area (Å²) in [6, 6.07) is 0. The van der Waals surface area contributed by atoms with Gasteiger partial charge in [0.1, 0.15) is 6.10 Å². The van der Waals surface area contributed by atoms with Crippen molar-refractivity contribution in [2.45, 2.75) is 59.2 Å². The Morgan fingerprint density at radius 1 is 1.06 bits per heavy atom. The fourth-order valence-electron chi connectivity index (χ4n) is 1.07. The van der Waals surface area contributed by atoms with E-state index in [4.69, 9.17) is 15.9 Å². The van der Waals surface area contributed by atoms with Crippen LogP contribution in [0.15, 0.2) is 0 Å². The van der Waals surface area contributed by atoms with E-state index in [9.17, 15) is 9.59 Å². The Kier molecular flexibility index (Phi) is 7.86. The molecule has 2 unspecified atom stereocenters. The summed E-state index contributed by atoms with van der Waals surface area (Å²) in [5, 5.41) is 0. The second-order valence-electron chi connectivity index (χ2n) is 4.59. The summed E-state index contributed by atoms with van der Waals surface area (Å²) in [5.74, 6) is 1.92. The monoisotopic (exact) mass is 254 g/mol. The topological polar surface area (TPSA) is 52.6 Å². The van der Waals surface area contributed by atoms with Gasteiger partial charge in [0.2, 0.25) is 0 Å². The van der Waals surface area contributed by atoms with Crippen LogP contribution in [-0.2, 0) is 19.1 Å². The Bertz CT molecular complexity index is 314. The van der Waals surface area contributed by atoms with E-state index in [1.54, 1.807) is 6.92 Å². The minimum absolute atomic E-state index is 0.106. The molecule has 0 bridgehead atoms. The van der Waals surface area contributed by atoms with Crippen molar-refractivity contribution in [2.75, 3.05) is 0 Å². The van der Waals surface area contributed by atoms with Crippen LogP contribution < -0.4 is 0 Å². The Balaban J connectivity index is 3.75. The van der Waals surface area contributed by atoms with Gasteiger partial charge in [0.25, 0.3) is 0 Å². The van der Waals surface area contributed by atoms with Crippen molar-refractivity contribution in [2.24, 2.45) is 5.92 Å². The van der Waals surface area contributed by atoms with Gasteiger partial charge in [0.05, 0.1) is 0 Å². The molecule has 0 aliphatic rings. The van der Waals surface area contributed by atoms with Crippen LogP contribution in [0.4, 0.5) is 0 Å². The number of hydrogen-bond donors (Lipinski definition) is 0. The van der Waals surface area contributed by atoms with E-state index in [0.717, 1.165) is 0 Å². The first-order valence-electron chi connectivity index (χ1n) is 6.22. The number of terminal acetylenes is 1. The summed E-state index contributed by atoms with van der Waals surface area (Å²) < 4.78 is 10.0. The number of carbonyl (C=O) groups is 2. The smallest absolute Gasteiger partial charge is 0.307 e. The van der Waals surface area contributed by atoms with Crippen LogP contribution in [-0.4, -0.2) is 24.1 Å². The molecule has 2 atom stereocenters. The molecule has 0 saturated heterocycles. The highest BCUT2D eigenvalue weighted by Gasteiger charge is 2.14. The zero-order valence-electron chi connectivity index (χ0n) is 11.6. The van der Waals surface area contributed by atoms with Gasteiger partial charge in [-0.25, -0.2) is 0 Å². The van der Waals surface area contributed by atoms with E-state index < -0.39 is 6.10 Å². The molecular weight excluding hydrogens is 232 g/mol. The molecule has 0 amide bonds. The Labute approximate surface area is 109 Å². The fraction of sp³-hybridized carbons (Fsp3) is 0.714. The second-order valence-corrected chi connectivity index (χ2v) is 4.59. The number of carbonyl (C=O) groups excluding carboxylic acids is 2. The van der Waals surface area contributed by atoms with Gasteiger partial charge in [0, 0.05) is 12.8 Å². The quantitative estimate of drug-likeness (QED) is 0.517. The Hall–Kier alpha value is -1.50. The Morgan fingerprint density at radius 2 is 1.56 bits per heavy atom. The highest BCUT2D eigenvalue weighted by atomic mass is 16.5. The van der Waals surface area contributed by atoms with Crippen LogP contribution >= 0.6 is 0 Å². The van der Waals surface area contributed by atoms with Crippen LogP contribution in [0.2, 0.25) is 0 Å². The minimum atomic E-state index is -0.523. The third-order valence-electron chi connectivity index (χ3n) is 2.56. The van der Waals surface area contributed by atoms with Gasteiger partial charge in [-0.1, -0.05) is 19.8 Å². The molecule has 0 heterocycles. The first-order chi connectivity index (χ1) is 8.36. The molecule has 0 aliphatic heterocycles. The molecule has 0 fully saturated rings. The van der Waals surface area contributed by atoms with Crippen molar-refractivity contribution in [3.8, 4) is 12.3 Å². The number of ether oxygens (including phenoxy) is 2. The van der Waals surface area contributed by atoms with E-state index in [1.807, 2.05) is 20.8 Å². The predicted octanol–water partition coefficient (Wildman–Crippen LogP) is 2.31. The Morgan fingerprint density at radius 3 is 2.00 bits per heavy atom. The van der Waals surface area contributed by atoms with Gasteiger partial charge in [-0.15, -0.1) is 6.42 Å². The molecule has 0 aromatic carbocycles. The van der Waals surface area contributed by atoms with Crippen LogP contribution in [0.1, 0.15) is 47.0 Å². The SMILES string of the molecule is C#CC(C)OC(=O)CCCC(=O)OC(C)C(C)C. The van der Waals surface area contributed by atoms with Crippen LogP contribution in [0.5, 0.6) is 0 Å². The van der Waals surface area contributed by atoms with Gasteiger partial charge >= 0.3 is 11.9 Å². The van der Waals surface area contributed by atoms with Crippen LogP contribution in [0, 0.1) is 18.3 Å². The second kappa shape index (κ2) is 8.57. The van der Waals surface area contributed by atoms with E-state index in [2.05, 4.69) is 5.92 Å². The van der Waals surface area contributed by atoms with Gasteiger partial charge < -0.3 is 9.47 Å². The minimum Gasteiger partial charge on any atom is -0.462 e. The number of hydrogen-bond acceptors (Lipinski definition) is 4. The third kappa shape index (κ3) is 7.72. The standard InChI is InChI=1S/C14H22O4/c1-6-11(4)17-13(15)8-7-9-14(16)18-12(5)10(2)3/h1,10-12H,7-9H2,2-5H3. The molecule has 0 radical (unpaired) electrons. The zero-order chi connectivity index (χ0) is 14.1. The van der Waals surface area contributed by atoms with Gasteiger partial charge in [-0.2, -0.15) is 0 Å². The molecule has 0 aromatic rings. The third-order valence-corrected chi connectivity index (χ3v) is 2.56. The highest BCUT2D eigenvalue weighted by molar-refractivity contribution is 5.72. The van der Waals surface area contributed by atoms with Crippen molar-refractivity contribution < 1.29 is 19.1 Å². The molecule has 0 aliphatic carbocycles. The molecule has 0 N–H and O–H groups in total. The van der Waals surface area contributed by atoms with Crippen molar-refractivity contribution in [1.29, 1.82) is 0 Å². The number of esters is 2. The molecule has 4 heteroatoms. The molecule has 102 valence electrons. The van der Waals surface area contributed by atoms with Crippen LogP contribution in [0.3, 0.4) is 0 Å². The van der Waals surface area contributed by atoms with Crippen molar-refractivity contribution in [3.05, 3.63) is 0 Å². The van der Waals surface area contributed by atoms with Crippen molar-refractivity contribution in [1.82, 2.24) is 0 Å². The molecule has 0 rings (SSSR count). The van der Waals surface area contributed by atoms with Gasteiger partial charge in [0.15, 0.2) is 6.10 Å². The summed E-state index contributed by atoms with van der Waals surface area (Å²) >= 11 is 0. The molecule has 4 nitrogen and oxygen atoms in total. The molecule has 0 spiro atoms. The summed E-state index contributed by atoms with van der Waals surface area (Å²) in [7, 11) is 0. The fourth-order valence-corrected chi connectivity index (χ4v) is 1.07. The van der Waals surface area contributed by atoms with Crippen LogP contribution in [0.25, 0.3) is 0 Å². The molecule has 18 heavy (non-hydrogen) atoms. The number of rotatable bonds is 7. The lowest BCUT2D eigenvalue weighted by molar-refractivity contribution is -0.150. The largest absolute Gasteiger partial charge is 0.462 e. The summed E-state index contributed by atoms with van der Waals surface area (Å²) in [6.45, 7) is 7.44. The molecule has 0 saturated carbocycles. The van der Waals surface area contributed by atoms with E-state index >= 15 is 0 Å². The average Bonchev–Trinajstić information content (AvgIpc) is 2.28. The maximum absolute atomic E-state index is 11.4. The molecular formula is C14H22O4. The average molecular weight is 254 g/mol. The van der Waals surface area contributed by atoms with E-state index in [1.165, 1.54) is 0 Å². The zero-order valence-corrected chi connectivity index (χ0v) is 11.6. The van der Waals surface area contributed by atoms with Gasteiger partial charge in [-0.05, 0) is 26.2 Å². The summed E-state index contributed by atoms with van der Waals surface area (Å²) in [4.78, 5) is 22.7. The van der Waals surface area contributed by atoms with E-state index in [-0.39, 0.29) is 36.8 Å².